The molecule has 3 rings (SSSR count). The Morgan fingerprint density at radius 3 is 2.96 bits per heavy atom. The third-order valence-corrected chi connectivity index (χ3v) is 3.44. The van der Waals surface area contributed by atoms with Gasteiger partial charge in [0.05, 0.1) is 19.8 Å². The Kier molecular flexibility index (Phi) is 4.32. The molecule has 6 nitrogen and oxygen atoms in total. The van der Waals surface area contributed by atoms with Gasteiger partial charge in [0.2, 0.25) is 11.8 Å². The van der Waals surface area contributed by atoms with Gasteiger partial charge in [-0.2, -0.15) is 4.98 Å². The molecule has 0 aliphatic heterocycles. The number of nitrogens with one attached hydrogen (secondary N) is 1. The van der Waals surface area contributed by atoms with Crippen LogP contribution < -0.4 is 14.8 Å². The molecule has 0 amide bonds. The van der Waals surface area contributed by atoms with Crippen molar-refractivity contribution in [2.45, 2.75) is 19.9 Å². The van der Waals surface area contributed by atoms with E-state index in [-0.39, 0.29) is 6.04 Å². The number of anilines is 1. The lowest BCUT2D eigenvalue weighted by molar-refractivity contribution is 0.337. The fraction of sp³-hybridized carbons (Fsp3) is 0.294. The van der Waals surface area contributed by atoms with Gasteiger partial charge in [0.15, 0.2) is 11.3 Å². The summed E-state index contributed by atoms with van der Waals surface area (Å²) < 4.78 is 16.7. The van der Waals surface area contributed by atoms with Crippen molar-refractivity contribution < 1.29 is 13.9 Å². The zero-order valence-corrected chi connectivity index (χ0v) is 13.4. The van der Waals surface area contributed by atoms with Crippen molar-refractivity contribution in [3.63, 3.8) is 0 Å². The van der Waals surface area contributed by atoms with Crippen molar-refractivity contribution in [1.29, 1.82) is 0 Å². The van der Waals surface area contributed by atoms with Crippen LogP contribution in [-0.2, 0) is 0 Å². The predicted molar refractivity (Wildman–Crippen MR) is 88.0 cm³/mol. The molecule has 120 valence electrons. The van der Waals surface area contributed by atoms with Crippen LogP contribution in [0.15, 0.2) is 40.9 Å². The maximum Gasteiger partial charge on any atom is 0.226 e. The predicted octanol–water partition coefficient (Wildman–Crippen LogP) is 3.80. The molecule has 23 heavy (non-hydrogen) atoms. The highest BCUT2D eigenvalue weighted by Gasteiger charge is 2.15. The average molecular weight is 313 g/mol. The van der Waals surface area contributed by atoms with Crippen LogP contribution in [0.4, 0.5) is 5.95 Å². The van der Waals surface area contributed by atoms with Crippen LogP contribution in [-0.4, -0.2) is 23.7 Å². The summed E-state index contributed by atoms with van der Waals surface area (Å²) in [6.07, 6.45) is 1.65. The first-order chi connectivity index (χ1) is 11.2. The van der Waals surface area contributed by atoms with E-state index in [1.54, 1.807) is 19.4 Å². The van der Waals surface area contributed by atoms with Crippen LogP contribution in [0.3, 0.4) is 0 Å². The second-order valence-corrected chi connectivity index (χ2v) is 5.04. The highest BCUT2D eigenvalue weighted by Crippen LogP contribution is 2.31. The number of aromatic nitrogens is 2. The summed E-state index contributed by atoms with van der Waals surface area (Å²) in [6.45, 7) is 4.54. The van der Waals surface area contributed by atoms with Crippen LogP contribution in [0.1, 0.15) is 25.6 Å². The topological polar surface area (TPSA) is 69.4 Å². The van der Waals surface area contributed by atoms with Crippen molar-refractivity contribution in [1.82, 2.24) is 9.97 Å². The summed E-state index contributed by atoms with van der Waals surface area (Å²) >= 11 is 0. The Labute approximate surface area is 134 Å². The van der Waals surface area contributed by atoms with E-state index < -0.39 is 0 Å². The summed E-state index contributed by atoms with van der Waals surface area (Å²) in [4.78, 5) is 8.43. The molecule has 2 aromatic heterocycles. The largest absolute Gasteiger partial charge is 0.490 e. The van der Waals surface area contributed by atoms with Crippen LogP contribution >= 0.6 is 0 Å². The standard InChI is InChI=1S/C17H19N3O3/c1-4-22-13-7-5-6-12-10-14(23-16(12)13)11(2)19-17-18-9-8-15(20-17)21-3/h5-11H,4H2,1-3H3,(H,18,19,20). The molecule has 0 saturated carbocycles. The number of ether oxygens (including phenoxy) is 2. The summed E-state index contributed by atoms with van der Waals surface area (Å²) in [6, 6.07) is 9.46. The zero-order valence-electron chi connectivity index (χ0n) is 13.4. The Hall–Kier alpha value is -2.76. The van der Waals surface area contributed by atoms with Gasteiger partial charge in [0, 0.05) is 17.6 Å². The lowest BCUT2D eigenvalue weighted by Gasteiger charge is -2.11. The van der Waals surface area contributed by atoms with E-state index in [9.17, 15) is 0 Å². The molecule has 0 fully saturated rings. The van der Waals surface area contributed by atoms with E-state index in [1.807, 2.05) is 38.1 Å². The lowest BCUT2D eigenvalue weighted by atomic mass is 10.2. The first-order valence-corrected chi connectivity index (χ1v) is 7.50. The van der Waals surface area contributed by atoms with Gasteiger partial charge < -0.3 is 19.2 Å². The van der Waals surface area contributed by atoms with Crippen molar-refractivity contribution in [2.24, 2.45) is 0 Å². The lowest BCUT2D eigenvalue weighted by Crippen LogP contribution is -2.08. The highest BCUT2D eigenvalue weighted by atomic mass is 16.5. The maximum atomic E-state index is 5.97. The minimum Gasteiger partial charge on any atom is -0.490 e. The molecular weight excluding hydrogens is 294 g/mol. The number of nitrogens with zero attached hydrogens (tertiary/aromatic N) is 2. The second kappa shape index (κ2) is 6.56. The number of para-hydroxylation sites is 1. The third-order valence-electron chi connectivity index (χ3n) is 3.44. The number of methoxy groups -OCH3 is 1. The zero-order chi connectivity index (χ0) is 16.2. The fourth-order valence-corrected chi connectivity index (χ4v) is 2.33. The molecule has 1 N–H and O–H groups in total. The van der Waals surface area contributed by atoms with E-state index in [0.717, 1.165) is 22.5 Å². The summed E-state index contributed by atoms with van der Waals surface area (Å²) in [5.41, 5.74) is 0.754. The number of hydrogen-bond donors (Lipinski definition) is 1. The molecule has 0 saturated heterocycles. The van der Waals surface area contributed by atoms with Crippen LogP contribution in [0.25, 0.3) is 11.0 Å². The molecule has 2 heterocycles. The minimum atomic E-state index is -0.0935. The second-order valence-electron chi connectivity index (χ2n) is 5.04. The molecule has 1 atom stereocenters. The van der Waals surface area contributed by atoms with Gasteiger partial charge in [-0.25, -0.2) is 4.98 Å². The van der Waals surface area contributed by atoms with Crippen molar-refractivity contribution >= 4 is 16.9 Å². The van der Waals surface area contributed by atoms with E-state index in [0.29, 0.717) is 18.4 Å². The molecule has 1 aromatic carbocycles. The number of rotatable bonds is 6. The van der Waals surface area contributed by atoms with Gasteiger partial charge >= 0.3 is 0 Å². The smallest absolute Gasteiger partial charge is 0.226 e. The molecule has 0 spiro atoms. The average Bonchev–Trinajstić information content (AvgIpc) is 3.01. The van der Waals surface area contributed by atoms with Gasteiger partial charge in [-0.05, 0) is 26.0 Å². The Morgan fingerprint density at radius 1 is 1.30 bits per heavy atom. The maximum absolute atomic E-state index is 5.97. The van der Waals surface area contributed by atoms with Gasteiger partial charge in [0.25, 0.3) is 0 Å². The summed E-state index contributed by atoms with van der Waals surface area (Å²) in [5.74, 6) is 2.54. The molecule has 0 aliphatic rings. The van der Waals surface area contributed by atoms with Gasteiger partial charge in [-0.3, -0.25) is 0 Å². The highest BCUT2D eigenvalue weighted by molar-refractivity contribution is 5.83. The first-order valence-electron chi connectivity index (χ1n) is 7.50. The molecule has 1 unspecified atom stereocenters. The number of furan rings is 1. The van der Waals surface area contributed by atoms with E-state index >= 15 is 0 Å². The van der Waals surface area contributed by atoms with E-state index in [1.165, 1.54) is 0 Å². The van der Waals surface area contributed by atoms with Crippen LogP contribution in [0, 0.1) is 0 Å². The molecule has 0 radical (unpaired) electrons. The molecule has 0 bridgehead atoms. The number of fused-ring (bicyclic) bond motifs is 1. The Morgan fingerprint density at radius 2 is 2.17 bits per heavy atom. The first kappa shape index (κ1) is 15.1. The van der Waals surface area contributed by atoms with Crippen molar-refractivity contribution in [3.05, 3.63) is 42.3 Å². The van der Waals surface area contributed by atoms with E-state index in [2.05, 4.69) is 15.3 Å². The Bertz CT molecular complexity index is 801. The van der Waals surface area contributed by atoms with Crippen LogP contribution in [0.2, 0.25) is 0 Å². The molecular formula is C17H19N3O3. The van der Waals surface area contributed by atoms with Gasteiger partial charge in [-0.1, -0.05) is 12.1 Å². The summed E-state index contributed by atoms with van der Waals surface area (Å²) in [7, 11) is 1.57. The number of hydrogen-bond acceptors (Lipinski definition) is 6. The van der Waals surface area contributed by atoms with Crippen molar-refractivity contribution in [3.8, 4) is 11.6 Å². The normalized spacial score (nSPS) is 12.1. The Balaban J connectivity index is 1.85. The monoisotopic (exact) mass is 313 g/mol. The van der Waals surface area contributed by atoms with Crippen LogP contribution in [0.5, 0.6) is 11.6 Å². The molecule has 3 aromatic rings. The van der Waals surface area contributed by atoms with Gasteiger partial charge in [-0.15, -0.1) is 0 Å². The minimum absolute atomic E-state index is 0.0935. The SMILES string of the molecule is CCOc1cccc2cc(C(C)Nc3nccc(OC)n3)oc12. The molecule has 6 heteroatoms. The van der Waals surface area contributed by atoms with E-state index in [4.69, 9.17) is 13.9 Å². The number of benzene rings is 1. The molecule has 0 aliphatic carbocycles. The fourth-order valence-electron chi connectivity index (χ4n) is 2.33. The third kappa shape index (κ3) is 3.21. The van der Waals surface area contributed by atoms with Gasteiger partial charge in [0.1, 0.15) is 5.76 Å². The summed E-state index contributed by atoms with van der Waals surface area (Å²) in [5, 5.41) is 4.21. The quantitative estimate of drug-likeness (QED) is 0.746. The van der Waals surface area contributed by atoms with Crippen molar-refractivity contribution in [2.75, 3.05) is 19.0 Å².